The summed E-state index contributed by atoms with van der Waals surface area (Å²) in [5.74, 6) is 0.172. The number of rotatable bonds is 9. The Balaban J connectivity index is 1.57. The van der Waals surface area contributed by atoms with Crippen LogP contribution in [-0.4, -0.2) is 23.4 Å². The van der Waals surface area contributed by atoms with E-state index in [9.17, 15) is 18.0 Å². The molecule has 0 unspecified atom stereocenters. The molecule has 0 fully saturated rings. The second-order valence-electron chi connectivity index (χ2n) is 8.70. The predicted octanol–water partition coefficient (Wildman–Crippen LogP) is 9.13. The smallest absolute Gasteiger partial charge is 0.416 e. The Labute approximate surface area is 237 Å². The van der Waals surface area contributed by atoms with Gasteiger partial charge in [0.2, 0.25) is 0 Å². The van der Waals surface area contributed by atoms with Crippen LogP contribution in [0.25, 0.3) is 16.7 Å². The van der Waals surface area contributed by atoms with Crippen LogP contribution in [0.2, 0.25) is 0 Å². The standard InChI is InChI=1S/C31H24BrF3O3S/c1-20-17-27(13-14-29(20)38-19-30(36)37)39-16-15-28(23-9-11-26(32)12-10-23)22-7-5-21(6-8-22)24-3-2-4-25(18-24)31(33,34)35/h2-15,17-18H,16,19H2,1H3,(H,36,37)/b28-15+. The van der Waals surface area contributed by atoms with E-state index in [1.165, 1.54) is 6.07 Å². The number of hydrogen-bond donors (Lipinski definition) is 1. The monoisotopic (exact) mass is 612 g/mol. The number of carboxylic acid groups (broad SMARTS) is 1. The second-order valence-corrected chi connectivity index (χ2v) is 10.7. The number of halogens is 4. The summed E-state index contributed by atoms with van der Waals surface area (Å²) < 4.78 is 45.8. The molecule has 0 aromatic heterocycles. The van der Waals surface area contributed by atoms with Gasteiger partial charge in [0.1, 0.15) is 5.75 Å². The van der Waals surface area contributed by atoms with Crippen molar-refractivity contribution in [2.24, 2.45) is 0 Å². The molecule has 0 radical (unpaired) electrons. The highest BCUT2D eigenvalue weighted by Crippen LogP contribution is 2.34. The van der Waals surface area contributed by atoms with Gasteiger partial charge in [0, 0.05) is 15.1 Å². The van der Waals surface area contributed by atoms with Crippen molar-refractivity contribution in [2.75, 3.05) is 12.4 Å². The Morgan fingerprint density at radius 2 is 1.59 bits per heavy atom. The molecular weight excluding hydrogens is 589 g/mol. The van der Waals surface area contributed by atoms with Gasteiger partial charge in [-0.3, -0.25) is 0 Å². The van der Waals surface area contributed by atoms with Gasteiger partial charge in [-0.1, -0.05) is 70.5 Å². The molecule has 4 aromatic rings. The first kappa shape index (κ1) is 28.5. The number of carboxylic acids is 1. The van der Waals surface area contributed by atoms with Crippen LogP contribution >= 0.6 is 27.7 Å². The molecule has 1 N–H and O–H groups in total. The quantitative estimate of drug-likeness (QED) is 0.191. The molecular formula is C31H24BrF3O3S. The zero-order valence-corrected chi connectivity index (χ0v) is 23.2. The molecule has 0 heterocycles. The molecule has 4 aromatic carbocycles. The van der Waals surface area contributed by atoms with Gasteiger partial charge in [0.05, 0.1) is 5.56 Å². The summed E-state index contributed by atoms with van der Waals surface area (Å²) in [5, 5.41) is 8.83. The number of hydrogen-bond acceptors (Lipinski definition) is 3. The van der Waals surface area contributed by atoms with Crippen LogP contribution in [0.5, 0.6) is 5.75 Å². The Kier molecular flexibility index (Phi) is 9.20. The third-order valence-corrected chi connectivity index (χ3v) is 7.36. The Morgan fingerprint density at radius 3 is 2.21 bits per heavy atom. The largest absolute Gasteiger partial charge is 0.482 e. The van der Waals surface area contributed by atoms with Crippen molar-refractivity contribution in [3.8, 4) is 16.9 Å². The van der Waals surface area contributed by atoms with Gasteiger partial charge < -0.3 is 9.84 Å². The van der Waals surface area contributed by atoms with Crippen molar-refractivity contribution in [3.05, 3.63) is 124 Å². The van der Waals surface area contributed by atoms with E-state index in [0.717, 1.165) is 43.8 Å². The summed E-state index contributed by atoms with van der Waals surface area (Å²) in [6, 6.07) is 26.4. The van der Waals surface area contributed by atoms with Crippen molar-refractivity contribution in [1.29, 1.82) is 0 Å². The Morgan fingerprint density at radius 1 is 0.923 bits per heavy atom. The normalized spacial score (nSPS) is 11.9. The molecule has 0 atom stereocenters. The third-order valence-electron chi connectivity index (χ3n) is 5.91. The van der Waals surface area contributed by atoms with Gasteiger partial charge >= 0.3 is 12.1 Å². The average molecular weight is 613 g/mol. The maximum atomic E-state index is 13.2. The van der Waals surface area contributed by atoms with Gasteiger partial charge in [-0.05, 0) is 82.8 Å². The molecule has 0 aliphatic heterocycles. The maximum Gasteiger partial charge on any atom is 0.416 e. The number of thioether (sulfide) groups is 1. The van der Waals surface area contributed by atoms with E-state index in [1.807, 2.05) is 67.6 Å². The molecule has 0 aliphatic carbocycles. The van der Waals surface area contributed by atoms with E-state index in [0.29, 0.717) is 22.6 Å². The zero-order valence-electron chi connectivity index (χ0n) is 20.8. The average Bonchev–Trinajstić information content (AvgIpc) is 2.91. The van der Waals surface area contributed by atoms with Crippen molar-refractivity contribution in [3.63, 3.8) is 0 Å². The van der Waals surface area contributed by atoms with Crippen LogP contribution < -0.4 is 4.74 Å². The predicted molar refractivity (Wildman–Crippen MR) is 153 cm³/mol. The number of carbonyl (C=O) groups is 1. The number of aryl methyl sites for hydroxylation is 1. The molecule has 0 amide bonds. The van der Waals surface area contributed by atoms with E-state index >= 15 is 0 Å². The maximum absolute atomic E-state index is 13.2. The van der Waals surface area contributed by atoms with Gasteiger partial charge in [0.25, 0.3) is 0 Å². The summed E-state index contributed by atoms with van der Waals surface area (Å²) in [7, 11) is 0. The van der Waals surface area contributed by atoms with E-state index < -0.39 is 17.7 Å². The summed E-state index contributed by atoms with van der Waals surface area (Å²) in [5.41, 5.74) is 4.35. The first-order valence-corrected chi connectivity index (χ1v) is 13.7. The van der Waals surface area contributed by atoms with Crippen molar-refractivity contribution >= 4 is 39.2 Å². The fraction of sp³-hybridized carbons (Fsp3) is 0.129. The van der Waals surface area contributed by atoms with Crippen molar-refractivity contribution in [2.45, 2.75) is 18.0 Å². The van der Waals surface area contributed by atoms with Crippen LogP contribution in [0.4, 0.5) is 13.2 Å². The number of benzene rings is 4. The topological polar surface area (TPSA) is 46.5 Å². The lowest BCUT2D eigenvalue weighted by Crippen LogP contribution is -2.09. The molecule has 0 spiro atoms. The summed E-state index contributed by atoms with van der Waals surface area (Å²) >= 11 is 5.10. The molecule has 4 rings (SSSR count). The molecule has 200 valence electrons. The lowest BCUT2D eigenvalue weighted by Gasteiger charge is -2.12. The van der Waals surface area contributed by atoms with Gasteiger partial charge in [-0.2, -0.15) is 13.2 Å². The minimum absolute atomic E-state index is 0.390. The Bertz CT molecular complexity index is 1480. The highest BCUT2D eigenvalue weighted by molar-refractivity contribution is 9.10. The second kappa shape index (κ2) is 12.6. The van der Waals surface area contributed by atoms with Crippen LogP contribution in [0.1, 0.15) is 22.3 Å². The summed E-state index contributed by atoms with van der Waals surface area (Å²) in [4.78, 5) is 11.8. The van der Waals surface area contributed by atoms with E-state index in [-0.39, 0.29) is 6.61 Å². The van der Waals surface area contributed by atoms with Gasteiger partial charge in [-0.25, -0.2) is 4.79 Å². The molecule has 0 bridgehead atoms. The summed E-state index contributed by atoms with van der Waals surface area (Å²) in [6.45, 7) is 1.48. The minimum atomic E-state index is -4.39. The van der Waals surface area contributed by atoms with Crippen molar-refractivity contribution in [1.82, 2.24) is 0 Å². The van der Waals surface area contributed by atoms with Crippen LogP contribution in [0.3, 0.4) is 0 Å². The minimum Gasteiger partial charge on any atom is -0.482 e. The number of aliphatic carboxylic acids is 1. The van der Waals surface area contributed by atoms with Crippen LogP contribution in [-0.2, 0) is 11.0 Å². The zero-order chi connectivity index (χ0) is 28.0. The van der Waals surface area contributed by atoms with Crippen molar-refractivity contribution < 1.29 is 27.8 Å². The highest BCUT2D eigenvalue weighted by atomic mass is 79.9. The highest BCUT2D eigenvalue weighted by Gasteiger charge is 2.30. The molecule has 8 heteroatoms. The lowest BCUT2D eigenvalue weighted by molar-refractivity contribution is -0.139. The third kappa shape index (κ3) is 7.77. The Hall–Kier alpha value is -3.49. The molecule has 3 nitrogen and oxygen atoms in total. The lowest BCUT2D eigenvalue weighted by atomic mass is 9.95. The van der Waals surface area contributed by atoms with E-state index in [1.54, 1.807) is 23.9 Å². The molecule has 0 saturated heterocycles. The molecule has 39 heavy (non-hydrogen) atoms. The van der Waals surface area contributed by atoms with Crippen LogP contribution in [0, 0.1) is 6.92 Å². The van der Waals surface area contributed by atoms with Crippen LogP contribution in [0.15, 0.2) is 106 Å². The van der Waals surface area contributed by atoms with E-state index in [2.05, 4.69) is 22.0 Å². The first-order chi connectivity index (χ1) is 18.6. The van der Waals surface area contributed by atoms with Gasteiger partial charge in [-0.15, -0.1) is 11.8 Å². The number of alkyl halides is 3. The fourth-order valence-electron chi connectivity index (χ4n) is 3.98. The SMILES string of the molecule is Cc1cc(SC/C=C(/c2ccc(Br)cc2)c2ccc(-c3cccc(C(F)(F)F)c3)cc2)ccc1OCC(=O)O. The van der Waals surface area contributed by atoms with Gasteiger partial charge in [0.15, 0.2) is 6.61 Å². The summed E-state index contributed by atoms with van der Waals surface area (Å²) in [6.07, 6.45) is -2.27. The molecule has 0 saturated carbocycles. The van der Waals surface area contributed by atoms with E-state index in [4.69, 9.17) is 9.84 Å². The number of ether oxygens (including phenoxy) is 1. The fourth-order valence-corrected chi connectivity index (χ4v) is 5.11. The first-order valence-electron chi connectivity index (χ1n) is 11.9. The molecule has 0 aliphatic rings.